The number of nitrogens with one attached hydrogen (secondary N) is 1. The lowest BCUT2D eigenvalue weighted by Gasteiger charge is -2.17. The van der Waals surface area contributed by atoms with Crippen molar-refractivity contribution >= 4 is 5.91 Å². The normalized spacial score (nSPS) is 15.2. The number of aromatic nitrogens is 2. The number of aliphatic hydroxyl groups is 2. The first-order chi connectivity index (χ1) is 8.16. The largest absolute Gasteiger partial charge is 0.433 e. The van der Waals surface area contributed by atoms with E-state index in [0.717, 1.165) is 0 Å². The number of aliphatic hydroxyl groups excluding tert-OH is 2. The Morgan fingerprint density at radius 2 is 2.00 bits per heavy atom. The smallest absolute Gasteiger partial charge is 0.385 e. The van der Waals surface area contributed by atoms with Crippen LogP contribution in [0.25, 0.3) is 0 Å². The van der Waals surface area contributed by atoms with Crippen molar-refractivity contribution in [2.45, 2.75) is 18.4 Å². The third kappa shape index (κ3) is 2.65. The van der Waals surface area contributed by atoms with Crippen LogP contribution in [0.3, 0.4) is 0 Å². The van der Waals surface area contributed by atoms with Gasteiger partial charge in [-0.1, -0.05) is 0 Å². The molecular formula is C8H8F3N3O4. The van der Waals surface area contributed by atoms with Crippen LogP contribution < -0.4 is 11.3 Å². The maximum Gasteiger partial charge on any atom is 0.433 e. The second-order valence-corrected chi connectivity index (χ2v) is 3.28. The van der Waals surface area contributed by atoms with Gasteiger partial charge in [0.05, 0.1) is 11.9 Å². The van der Waals surface area contributed by atoms with Gasteiger partial charge in [-0.2, -0.15) is 13.2 Å². The number of H-pyrrole nitrogens is 1. The molecule has 2 unspecified atom stereocenters. The molecule has 10 heteroatoms. The van der Waals surface area contributed by atoms with Gasteiger partial charge in [0.2, 0.25) is 5.91 Å². The van der Waals surface area contributed by atoms with E-state index in [0.29, 0.717) is 6.33 Å². The molecule has 7 nitrogen and oxygen atoms in total. The Balaban J connectivity index is 3.40. The van der Waals surface area contributed by atoms with Gasteiger partial charge in [-0.25, -0.2) is 4.98 Å². The fourth-order valence-corrected chi connectivity index (χ4v) is 1.22. The molecule has 0 radical (unpaired) electrons. The van der Waals surface area contributed by atoms with Crippen molar-refractivity contribution in [2.24, 2.45) is 5.73 Å². The average Bonchev–Trinajstić information content (AvgIpc) is 2.25. The van der Waals surface area contributed by atoms with Gasteiger partial charge in [-0.05, 0) is 0 Å². The van der Waals surface area contributed by atoms with Crippen LogP contribution in [0.2, 0.25) is 0 Å². The first-order valence-electron chi connectivity index (χ1n) is 4.46. The molecule has 100 valence electrons. The van der Waals surface area contributed by atoms with Crippen molar-refractivity contribution < 1.29 is 28.2 Å². The van der Waals surface area contributed by atoms with Crippen molar-refractivity contribution in [1.29, 1.82) is 0 Å². The summed E-state index contributed by atoms with van der Waals surface area (Å²) in [5.74, 6) is -1.47. The molecule has 0 aromatic carbocycles. The highest BCUT2D eigenvalue weighted by Crippen LogP contribution is 2.31. The van der Waals surface area contributed by atoms with Crippen LogP contribution in [0.1, 0.15) is 17.4 Å². The predicted molar refractivity (Wildman–Crippen MR) is 50.0 cm³/mol. The highest BCUT2D eigenvalue weighted by atomic mass is 19.4. The quantitative estimate of drug-likeness (QED) is 0.539. The summed E-state index contributed by atoms with van der Waals surface area (Å²) in [5, 5.41) is 18.5. The van der Waals surface area contributed by atoms with E-state index in [1.165, 1.54) is 0 Å². The summed E-state index contributed by atoms with van der Waals surface area (Å²) in [4.78, 5) is 26.5. The number of aromatic amines is 1. The number of hydrogen-bond acceptors (Lipinski definition) is 5. The highest BCUT2D eigenvalue weighted by molar-refractivity contribution is 5.79. The van der Waals surface area contributed by atoms with E-state index in [9.17, 15) is 27.9 Å². The third-order valence-electron chi connectivity index (χ3n) is 2.04. The summed E-state index contributed by atoms with van der Waals surface area (Å²) in [6.07, 6.45) is -9.31. The summed E-state index contributed by atoms with van der Waals surface area (Å²) in [6.45, 7) is 0. The number of rotatable bonds is 3. The predicted octanol–water partition coefficient (Wildman–Crippen LogP) is -1.33. The van der Waals surface area contributed by atoms with Crippen molar-refractivity contribution in [3.8, 4) is 0 Å². The van der Waals surface area contributed by atoms with Gasteiger partial charge in [-0.3, -0.25) is 9.59 Å². The topological polar surface area (TPSA) is 129 Å². The monoisotopic (exact) mass is 267 g/mol. The van der Waals surface area contributed by atoms with E-state index in [1.54, 1.807) is 4.98 Å². The molecule has 0 fully saturated rings. The SMILES string of the molecule is NC(=O)C(O)C(O)c1c(C(F)(F)F)nc[nH]c1=O. The standard InChI is InChI=1S/C8H8F3N3O4/c9-8(10,11)5-2(7(18)14-1-13-5)3(15)4(16)6(12)17/h1,3-4,15-16H,(H2,12,17)(H,13,14,18). The van der Waals surface area contributed by atoms with Crippen molar-refractivity contribution in [3.05, 3.63) is 27.9 Å². The van der Waals surface area contributed by atoms with Crippen LogP contribution in [0.5, 0.6) is 0 Å². The first-order valence-corrected chi connectivity index (χ1v) is 4.46. The Morgan fingerprint density at radius 3 is 2.44 bits per heavy atom. The first kappa shape index (κ1) is 14.1. The van der Waals surface area contributed by atoms with Crippen LogP contribution in [0.4, 0.5) is 13.2 Å². The molecule has 0 aliphatic carbocycles. The number of nitrogens with two attached hydrogens (primary N) is 1. The average molecular weight is 267 g/mol. The molecule has 2 atom stereocenters. The summed E-state index contributed by atoms with van der Waals surface area (Å²) in [7, 11) is 0. The van der Waals surface area contributed by atoms with Gasteiger partial charge in [0.25, 0.3) is 5.56 Å². The molecule has 0 aliphatic rings. The van der Waals surface area contributed by atoms with E-state index in [1.807, 2.05) is 0 Å². The lowest BCUT2D eigenvalue weighted by Crippen LogP contribution is -2.38. The lowest BCUT2D eigenvalue weighted by atomic mass is 10.0. The zero-order valence-corrected chi connectivity index (χ0v) is 8.60. The molecule has 18 heavy (non-hydrogen) atoms. The minimum atomic E-state index is -5.03. The Kier molecular flexibility index (Phi) is 3.72. The lowest BCUT2D eigenvalue weighted by molar-refractivity contribution is -0.145. The summed E-state index contributed by atoms with van der Waals surface area (Å²) in [5.41, 5.74) is 0.329. The molecular weight excluding hydrogens is 259 g/mol. The molecule has 0 saturated carbocycles. The molecule has 1 rings (SSSR count). The van der Waals surface area contributed by atoms with Crippen LogP contribution in [0, 0.1) is 0 Å². The maximum absolute atomic E-state index is 12.5. The molecule has 1 heterocycles. The molecule has 0 bridgehead atoms. The Morgan fingerprint density at radius 1 is 1.44 bits per heavy atom. The van der Waals surface area contributed by atoms with Gasteiger partial charge < -0.3 is 20.9 Å². The Bertz CT molecular complexity index is 513. The number of carbonyl (C=O) groups is 1. The number of primary amides is 1. The maximum atomic E-state index is 12.5. The number of carbonyl (C=O) groups excluding carboxylic acids is 1. The number of halogens is 3. The summed E-state index contributed by atoms with van der Waals surface area (Å²) < 4.78 is 37.6. The van der Waals surface area contributed by atoms with Crippen LogP contribution >= 0.6 is 0 Å². The minimum Gasteiger partial charge on any atom is -0.385 e. The van der Waals surface area contributed by atoms with E-state index < -0.39 is 41.1 Å². The van der Waals surface area contributed by atoms with Crippen LogP contribution in [-0.2, 0) is 11.0 Å². The van der Waals surface area contributed by atoms with Gasteiger partial charge in [0, 0.05) is 0 Å². The van der Waals surface area contributed by atoms with Gasteiger partial charge in [0.15, 0.2) is 11.8 Å². The van der Waals surface area contributed by atoms with Crippen molar-refractivity contribution in [1.82, 2.24) is 9.97 Å². The van der Waals surface area contributed by atoms with Crippen LogP contribution in [0.15, 0.2) is 11.1 Å². The van der Waals surface area contributed by atoms with E-state index in [2.05, 4.69) is 10.7 Å². The van der Waals surface area contributed by atoms with Gasteiger partial charge >= 0.3 is 6.18 Å². The molecule has 1 amide bonds. The Hall–Kier alpha value is -1.94. The molecule has 0 aliphatic heterocycles. The molecule has 0 spiro atoms. The van der Waals surface area contributed by atoms with Gasteiger partial charge in [0.1, 0.15) is 6.10 Å². The second kappa shape index (κ2) is 4.74. The summed E-state index contributed by atoms with van der Waals surface area (Å²) >= 11 is 0. The fraction of sp³-hybridized carbons (Fsp3) is 0.375. The number of hydrogen-bond donors (Lipinski definition) is 4. The van der Waals surface area contributed by atoms with E-state index in [4.69, 9.17) is 5.11 Å². The highest BCUT2D eigenvalue weighted by Gasteiger charge is 2.40. The molecule has 0 saturated heterocycles. The number of nitrogens with zero attached hydrogens (tertiary/aromatic N) is 1. The number of amides is 1. The molecule has 5 N–H and O–H groups in total. The zero-order chi connectivity index (χ0) is 14.1. The van der Waals surface area contributed by atoms with E-state index in [-0.39, 0.29) is 0 Å². The zero-order valence-electron chi connectivity index (χ0n) is 8.60. The van der Waals surface area contributed by atoms with Gasteiger partial charge in [-0.15, -0.1) is 0 Å². The number of alkyl halides is 3. The second-order valence-electron chi connectivity index (χ2n) is 3.28. The Labute approximate surface area is 97.1 Å². The summed E-state index contributed by atoms with van der Waals surface area (Å²) in [6, 6.07) is 0. The molecule has 1 aromatic heterocycles. The minimum absolute atomic E-state index is 0.484. The van der Waals surface area contributed by atoms with Crippen molar-refractivity contribution in [2.75, 3.05) is 0 Å². The van der Waals surface area contributed by atoms with E-state index >= 15 is 0 Å². The third-order valence-corrected chi connectivity index (χ3v) is 2.04. The van der Waals surface area contributed by atoms with Crippen molar-refractivity contribution in [3.63, 3.8) is 0 Å². The van der Waals surface area contributed by atoms with Crippen LogP contribution in [-0.4, -0.2) is 32.2 Å². The molecule has 1 aromatic rings. The fourth-order valence-electron chi connectivity index (χ4n) is 1.22.